The molecule has 2 aromatic rings. The van der Waals surface area contributed by atoms with Gasteiger partial charge in [0, 0.05) is 11.6 Å². The number of benzene rings is 2. The van der Waals surface area contributed by atoms with Crippen molar-refractivity contribution in [1.82, 2.24) is 0 Å². The summed E-state index contributed by atoms with van der Waals surface area (Å²) in [7, 11) is 0. The highest BCUT2D eigenvalue weighted by Gasteiger charge is 2.13. The lowest BCUT2D eigenvalue weighted by molar-refractivity contribution is 0.465. The minimum Gasteiger partial charge on any atom is -0.456 e. The molecule has 19 heavy (non-hydrogen) atoms. The van der Waals surface area contributed by atoms with E-state index in [1.54, 1.807) is 13.0 Å². The molecule has 0 aliphatic carbocycles. The smallest absolute Gasteiger partial charge is 0.140 e. The quantitative estimate of drug-likeness (QED) is 0.804. The van der Waals surface area contributed by atoms with E-state index >= 15 is 0 Å². The summed E-state index contributed by atoms with van der Waals surface area (Å²) in [6.07, 6.45) is 0. The number of rotatable bonds is 3. The maximum absolute atomic E-state index is 13.6. The molecule has 0 saturated heterocycles. The van der Waals surface area contributed by atoms with Crippen LogP contribution in [0.3, 0.4) is 0 Å². The molecule has 100 valence electrons. The Balaban J connectivity index is 2.45. The SMILES string of the molecule is Cc1cc(Oc2ccccc2I)c([C@@H](C)N)cc1F. The van der Waals surface area contributed by atoms with E-state index in [1.807, 2.05) is 31.2 Å². The zero-order valence-corrected chi connectivity index (χ0v) is 12.9. The van der Waals surface area contributed by atoms with E-state index < -0.39 is 0 Å². The molecule has 0 heterocycles. The first kappa shape index (κ1) is 14.3. The highest BCUT2D eigenvalue weighted by molar-refractivity contribution is 14.1. The van der Waals surface area contributed by atoms with Crippen molar-refractivity contribution in [3.05, 3.63) is 56.9 Å². The normalized spacial score (nSPS) is 12.3. The first-order valence-electron chi connectivity index (χ1n) is 5.97. The van der Waals surface area contributed by atoms with Crippen molar-refractivity contribution in [1.29, 1.82) is 0 Å². The molecule has 2 rings (SSSR count). The summed E-state index contributed by atoms with van der Waals surface area (Å²) in [5.41, 5.74) is 7.09. The third-order valence-corrected chi connectivity index (χ3v) is 3.73. The Hall–Kier alpha value is -1.14. The highest BCUT2D eigenvalue weighted by Crippen LogP contribution is 2.33. The predicted octanol–water partition coefficient (Wildman–Crippen LogP) is 4.55. The van der Waals surface area contributed by atoms with Gasteiger partial charge in [-0.05, 0) is 66.3 Å². The fraction of sp³-hybridized carbons (Fsp3) is 0.200. The van der Waals surface area contributed by atoms with Gasteiger partial charge in [-0.15, -0.1) is 0 Å². The summed E-state index contributed by atoms with van der Waals surface area (Å²) in [6, 6.07) is 10.5. The zero-order valence-electron chi connectivity index (χ0n) is 10.8. The molecule has 0 aliphatic rings. The molecule has 0 radical (unpaired) electrons. The van der Waals surface area contributed by atoms with E-state index in [2.05, 4.69) is 22.6 Å². The van der Waals surface area contributed by atoms with Crippen LogP contribution in [-0.4, -0.2) is 0 Å². The number of aryl methyl sites for hydroxylation is 1. The molecule has 2 aromatic carbocycles. The van der Waals surface area contributed by atoms with E-state index in [0.717, 1.165) is 9.32 Å². The third-order valence-electron chi connectivity index (χ3n) is 2.84. The molecule has 0 aliphatic heterocycles. The van der Waals surface area contributed by atoms with Crippen molar-refractivity contribution in [3.63, 3.8) is 0 Å². The second kappa shape index (κ2) is 5.88. The molecule has 4 heteroatoms. The van der Waals surface area contributed by atoms with Gasteiger partial charge in [-0.3, -0.25) is 0 Å². The van der Waals surface area contributed by atoms with Crippen molar-refractivity contribution >= 4 is 22.6 Å². The van der Waals surface area contributed by atoms with Gasteiger partial charge in [-0.2, -0.15) is 0 Å². The van der Waals surface area contributed by atoms with Gasteiger partial charge >= 0.3 is 0 Å². The van der Waals surface area contributed by atoms with E-state index in [4.69, 9.17) is 10.5 Å². The lowest BCUT2D eigenvalue weighted by atomic mass is 10.1. The van der Waals surface area contributed by atoms with E-state index in [9.17, 15) is 4.39 Å². The van der Waals surface area contributed by atoms with Crippen LogP contribution in [0.4, 0.5) is 4.39 Å². The molecule has 0 saturated carbocycles. The second-order valence-corrected chi connectivity index (χ2v) is 5.62. The van der Waals surface area contributed by atoms with Crippen LogP contribution in [0.25, 0.3) is 0 Å². The van der Waals surface area contributed by atoms with Crippen LogP contribution < -0.4 is 10.5 Å². The number of hydrogen-bond donors (Lipinski definition) is 1. The first-order chi connectivity index (χ1) is 8.99. The summed E-state index contributed by atoms with van der Waals surface area (Å²) in [5.74, 6) is 1.09. The summed E-state index contributed by atoms with van der Waals surface area (Å²) in [5, 5.41) is 0. The van der Waals surface area contributed by atoms with E-state index in [1.165, 1.54) is 6.07 Å². The number of para-hydroxylation sites is 1. The number of ether oxygens (including phenoxy) is 1. The van der Waals surface area contributed by atoms with Gasteiger partial charge in [0.05, 0.1) is 3.57 Å². The van der Waals surface area contributed by atoms with Crippen LogP contribution >= 0.6 is 22.6 Å². The second-order valence-electron chi connectivity index (χ2n) is 4.46. The average molecular weight is 371 g/mol. The molecular weight excluding hydrogens is 356 g/mol. The standard InChI is InChI=1S/C15H15FINO/c1-9-7-15(11(10(2)18)8-12(9)16)19-14-6-4-3-5-13(14)17/h3-8,10H,18H2,1-2H3/t10-/m1/s1. The van der Waals surface area contributed by atoms with Gasteiger partial charge in [0.2, 0.25) is 0 Å². The van der Waals surface area contributed by atoms with Crippen LogP contribution in [0.1, 0.15) is 24.1 Å². The van der Waals surface area contributed by atoms with Crippen molar-refractivity contribution in [3.8, 4) is 11.5 Å². The molecule has 0 spiro atoms. The molecular formula is C15H15FINO. The fourth-order valence-corrected chi connectivity index (χ4v) is 2.26. The Bertz CT molecular complexity index is 599. The van der Waals surface area contributed by atoms with E-state index in [-0.39, 0.29) is 11.9 Å². The highest BCUT2D eigenvalue weighted by atomic mass is 127. The number of halogens is 2. The zero-order chi connectivity index (χ0) is 14.0. The Morgan fingerprint density at radius 2 is 1.89 bits per heavy atom. The summed E-state index contributed by atoms with van der Waals surface area (Å²) >= 11 is 2.20. The van der Waals surface area contributed by atoms with Gasteiger partial charge in [0.1, 0.15) is 17.3 Å². The number of hydrogen-bond acceptors (Lipinski definition) is 2. The molecule has 0 fully saturated rings. The molecule has 0 unspecified atom stereocenters. The third kappa shape index (κ3) is 3.25. The van der Waals surface area contributed by atoms with Gasteiger partial charge in [-0.1, -0.05) is 12.1 Å². The topological polar surface area (TPSA) is 35.2 Å². The molecule has 0 bridgehead atoms. The minimum atomic E-state index is -0.286. The minimum absolute atomic E-state index is 0.262. The molecule has 2 N–H and O–H groups in total. The van der Waals surface area contributed by atoms with Crippen LogP contribution in [0.2, 0.25) is 0 Å². The first-order valence-corrected chi connectivity index (χ1v) is 7.05. The van der Waals surface area contributed by atoms with Crippen molar-refractivity contribution < 1.29 is 9.13 Å². The van der Waals surface area contributed by atoms with E-state index in [0.29, 0.717) is 16.9 Å². The molecule has 0 aromatic heterocycles. The Morgan fingerprint density at radius 1 is 1.21 bits per heavy atom. The summed E-state index contributed by atoms with van der Waals surface area (Å²) in [6.45, 7) is 3.52. The van der Waals surface area contributed by atoms with Crippen LogP contribution in [0.5, 0.6) is 11.5 Å². The predicted molar refractivity (Wildman–Crippen MR) is 83.0 cm³/mol. The number of nitrogens with two attached hydrogens (primary N) is 1. The van der Waals surface area contributed by atoms with Gasteiger partial charge in [-0.25, -0.2) is 4.39 Å². The monoisotopic (exact) mass is 371 g/mol. The van der Waals surface area contributed by atoms with Crippen molar-refractivity contribution in [2.45, 2.75) is 19.9 Å². The lowest BCUT2D eigenvalue weighted by Gasteiger charge is -2.16. The average Bonchev–Trinajstić information content (AvgIpc) is 2.36. The Labute approximate surface area is 125 Å². The Kier molecular flexibility index (Phi) is 4.42. The molecule has 2 nitrogen and oxygen atoms in total. The van der Waals surface area contributed by atoms with Crippen LogP contribution in [-0.2, 0) is 0 Å². The molecule has 0 amide bonds. The van der Waals surface area contributed by atoms with Gasteiger partial charge in [0.15, 0.2) is 0 Å². The van der Waals surface area contributed by atoms with Crippen molar-refractivity contribution in [2.75, 3.05) is 0 Å². The van der Waals surface area contributed by atoms with Crippen molar-refractivity contribution in [2.24, 2.45) is 5.73 Å². The maximum atomic E-state index is 13.6. The van der Waals surface area contributed by atoms with Gasteiger partial charge < -0.3 is 10.5 Å². The van der Waals surface area contributed by atoms with Crippen LogP contribution in [0, 0.1) is 16.3 Å². The largest absolute Gasteiger partial charge is 0.456 e. The lowest BCUT2D eigenvalue weighted by Crippen LogP contribution is -2.08. The fourth-order valence-electron chi connectivity index (χ4n) is 1.76. The molecule has 1 atom stereocenters. The summed E-state index contributed by atoms with van der Waals surface area (Å²) in [4.78, 5) is 0. The Morgan fingerprint density at radius 3 is 2.53 bits per heavy atom. The maximum Gasteiger partial charge on any atom is 0.140 e. The van der Waals surface area contributed by atoms with Crippen LogP contribution in [0.15, 0.2) is 36.4 Å². The summed E-state index contributed by atoms with van der Waals surface area (Å²) < 4.78 is 20.5. The van der Waals surface area contributed by atoms with Gasteiger partial charge in [0.25, 0.3) is 0 Å².